The molecule has 0 radical (unpaired) electrons. The van der Waals surface area contributed by atoms with Gasteiger partial charge in [-0.05, 0) is 18.7 Å². The molecule has 2 heteroatoms. The van der Waals surface area contributed by atoms with Crippen molar-refractivity contribution < 1.29 is 5.11 Å². The molecule has 0 aliphatic heterocycles. The average Bonchev–Trinajstić information content (AvgIpc) is 2.19. The Labute approximate surface area is 78.6 Å². The van der Waals surface area contributed by atoms with Crippen molar-refractivity contribution >= 4 is 0 Å². The van der Waals surface area contributed by atoms with Gasteiger partial charge in [0, 0.05) is 5.56 Å². The Morgan fingerprint density at radius 1 is 1.38 bits per heavy atom. The van der Waals surface area contributed by atoms with E-state index in [0.29, 0.717) is 6.54 Å². The summed E-state index contributed by atoms with van der Waals surface area (Å²) in [7, 11) is 1.85. The van der Waals surface area contributed by atoms with Crippen LogP contribution in [0.15, 0.2) is 24.3 Å². The highest BCUT2D eigenvalue weighted by atomic mass is 16.3. The van der Waals surface area contributed by atoms with Crippen LogP contribution in [0.2, 0.25) is 0 Å². The Morgan fingerprint density at radius 2 is 2.15 bits per heavy atom. The molecule has 0 aliphatic rings. The quantitative estimate of drug-likeness (QED) is 0.650. The van der Waals surface area contributed by atoms with Crippen molar-refractivity contribution in [2.45, 2.75) is 6.61 Å². The maximum Gasteiger partial charge on any atom is 0.0694 e. The molecule has 0 fully saturated rings. The molecule has 0 saturated carbocycles. The van der Waals surface area contributed by atoms with Crippen molar-refractivity contribution in [1.82, 2.24) is 5.32 Å². The van der Waals surface area contributed by atoms with E-state index >= 15 is 0 Å². The molecular formula is C11H13NO. The summed E-state index contributed by atoms with van der Waals surface area (Å²) in [6.45, 7) is 0.712. The topological polar surface area (TPSA) is 32.3 Å². The van der Waals surface area contributed by atoms with E-state index in [1.807, 2.05) is 31.3 Å². The predicted octanol–water partition coefficient (Wildman–Crippen LogP) is 0.750. The van der Waals surface area contributed by atoms with Crippen LogP contribution in [0.3, 0.4) is 0 Å². The third-order valence-electron chi connectivity index (χ3n) is 1.68. The van der Waals surface area contributed by atoms with Gasteiger partial charge in [-0.3, -0.25) is 0 Å². The minimum Gasteiger partial charge on any atom is -0.392 e. The van der Waals surface area contributed by atoms with Crippen molar-refractivity contribution in [2.75, 3.05) is 13.6 Å². The molecule has 2 N–H and O–H groups in total. The first-order chi connectivity index (χ1) is 6.38. The Balaban J connectivity index is 2.82. The van der Waals surface area contributed by atoms with Crippen LogP contribution in [0, 0.1) is 11.8 Å². The second-order valence-electron chi connectivity index (χ2n) is 2.65. The molecule has 1 aromatic carbocycles. The standard InChI is InChI=1S/C11H13NO/c1-12-8-4-7-10-5-2-3-6-11(10)9-13/h2-3,5-6,12-13H,8-9H2,1H3. The van der Waals surface area contributed by atoms with Crippen molar-refractivity contribution in [2.24, 2.45) is 0 Å². The Kier molecular flexibility index (Phi) is 4.04. The minimum atomic E-state index is 0.0460. The first-order valence-electron chi connectivity index (χ1n) is 4.20. The van der Waals surface area contributed by atoms with Gasteiger partial charge >= 0.3 is 0 Å². The lowest BCUT2D eigenvalue weighted by molar-refractivity contribution is 0.281. The van der Waals surface area contributed by atoms with Gasteiger partial charge in [0.2, 0.25) is 0 Å². The summed E-state index contributed by atoms with van der Waals surface area (Å²) in [6.07, 6.45) is 0. The van der Waals surface area contributed by atoms with Crippen molar-refractivity contribution in [3.63, 3.8) is 0 Å². The van der Waals surface area contributed by atoms with Crippen LogP contribution in [0.25, 0.3) is 0 Å². The maximum absolute atomic E-state index is 8.99. The van der Waals surface area contributed by atoms with E-state index in [1.165, 1.54) is 0 Å². The molecule has 0 saturated heterocycles. The highest BCUT2D eigenvalue weighted by Crippen LogP contribution is 2.06. The van der Waals surface area contributed by atoms with Gasteiger partial charge in [0.25, 0.3) is 0 Å². The zero-order valence-electron chi connectivity index (χ0n) is 7.67. The summed E-state index contributed by atoms with van der Waals surface area (Å²) in [6, 6.07) is 7.61. The van der Waals surface area contributed by atoms with Crippen LogP contribution >= 0.6 is 0 Å². The van der Waals surface area contributed by atoms with Crippen LogP contribution in [0.4, 0.5) is 0 Å². The first kappa shape index (κ1) is 9.79. The Morgan fingerprint density at radius 3 is 2.85 bits per heavy atom. The lowest BCUT2D eigenvalue weighted by Crippen LogP contribution is -2.04. The smallest absolute Gasteiger partial charge is 0.0694 e. The molecular weight excluding hydrogens is 162 g/mol. The number of aliphatic hydroxyl groups excluding tert-OH is 1. The first-order valence-corrected chi connectivity index (χ1v) is 4.20. The SMILES string of the molecule is CNCC#Cc1ccccc1CO. The van der Waals surface area contributed by atoms with Gasteiger partial charge in [0.05, 0.1) is 13.2 Å². The van der Waals surface area contributed by atoms with Gasteiger partial charge in [0.15, 0.2) is 0 Å². The van der Waals surface area contributed by atoms with E-state index in [9.17, 15) is 0 Å². The maximum atomic E-state index is 8.99. The Hall–Kier alpha value is -1.30. The summed E-state index contributed by atoms with van der Waals surface area (Å²) < 4.78 is 0. The third-order valence-corrected chi connectivity index (χ3v) is 1.68. The molecule has 68 valence electrons. The van der Waals surface area contributed by atoms with Crippen LogP contribution in [0.5, 0.6) is 0 Å². The van der Waals surface area contributed by atoms with Crippen molar-refractivity contribution in [1.29, 1.82) is 0 Å². The molecule has 2 nitrogen and oxygen atoms in total. The summed E-state index contributed by atoms with van der Waals surface area (Å²) in [5, 5.41) is 11.9. The van der Waals surface area contributed by atoms with E-state index in [4.69, 9.17) is 5.11 Å². The largest absolute Gasteiger partial charge is 0.392 e. The highest BCUT2D eigenvalue weighted by Gasteiger charge is 1.94. The summed E-state index contributed by atoms with van der Waals surface area (Å²) in [4.78, 5) is 0. The minimum absolute atomic E-state index is 0.0460. The molecule has 0 aromatic heterocycles. The highest BCUT2D eigenvalue weighted by molar-refractivity contribution is 5.40. The number of rotatable bonds is 2. The van der Waals surface area contributed by atoms with E-state index in [0.717, 1.165) is 11.1 Å². The molecule has 0 bridgehead atoms. The normalized spacial score (nSPS) is 9.08. The molecule has 1 rings (SSSR count). The van der Waals surface area contributed by atoms with Gasteiger partial charge in [-0.25, -0.2) is 0 Å². The lowest BCUT2D eigenvalue weighted by Gasteiger charge is -1.98. The van der Waals surface area contributed by atoms with Crippen LogP contribution in [-0.2, 0) is 6.61 Å². The van der Waals surface area contributed by atoms with Crippen LogP contribution in [0.1, 0.15) is 11.1 Å². The number of hydrogen-bond acceptors (Lipinski definition) is 2. The zero-order valence-corrected chi connectivity index (χ0v) is 7.67. The molecule has 0 spiro atoms. The summed E-state index contributed by atoms with van der Waals surface area (Å²) in [5.74, 6) is 5.95. The lowest BCUT2D eigenvalue weighted by atomic mass is 10.1. The number of nitrogens with one attached hydrogen (secondary N) is 1. The van der Waals surface area contributed by atoms with Gasteiger partial charge in [-0.15, -0.1) is 0 Å². The molecule has 13 heavy (non-hydrogen) atoms. The molecule has 1 aromatic rings. The fraction of sp³-hybridized carbons (Fsp3) is 0.273. The fourth-order valence-electron chi connectivity index (χ4n) is 1.01. The zero-order chi connectivity index (χ0) is 9.52. The van der Waals surface area contributed by atoms with Gasteiger partial charge in [-0.1, -0.05) is 30.0 Å². The van der Waals surface area contributed by atoms with Crippen molar-refractivity contribution in [3.05, 3.63) is 35.4 Å². The van der Waals surface area contributed by atoms with Crippen LogP contribution in [-0.4, -0.2) is 18.7 Å². The van der Waals surface area contributed by atoms with Gasteiger partial charge < -0.3 is 10.4 Å². The average molecular weight is 175 g/mol. The number of benzene rings is 1. The molecule has 0 heterocycles. The number of aliphatic hydroxyl groups is 1. The molecule has 0 unspecified atom stereocenters. The molecule has 0 amide bonds. The number of hydrogen-bond donors (Lipinski definition) is 2. The van der Waals surface area contributed by atoms with E-state index in [1.54, 1.807) is 0 Å². The second-order valence-corrected chi connectivity index (χ2v) is 2.65. The van der Waals surface area contributed by atoms with E-state index in [-0.39, 0.29) is 6.61 Å². The van der Waals surface area contributed by atoms with Gasteiger partial charge in [-0.2, -0.15) is 0 Å². The third kappa shape index (κ3) is 2.90. The van der Waals surface area contributed by atoms with Crippen LogP contribution < -0.4 is 5.32 Å². The predicted molar refractivity (Wildman–Crippen MR) is 53.2 cm³/mol. The summed E-state index contributed by atoms with van der Waals surface area (Å²) in [5.41, 5.74) is 1.78. The fourth-order valence-corrected chi connectivity index (χ4v) is 1.01. The summed E-state index contributed by atoms with van der Waals surface area (Å²) >= 11 is 0. The van der Waals surface area contributed by atoms with Crippen molar-refractivity contribution in [3.8, 4) is 11.8 Å². The second kappa shape index (κ2) is 5.36. The molecule has 0 atom stereocenters. The van der Waals surface area contributed by atoms with Gasteiger partial charge in [0.1, 0.15) is 0 Å². The Bertz CT molecular complexity index is 322. The molecule has 0 aliphatic carbocycles. The van der Waals surface area contributed by atoms with E-state index in [2.05, 4.69) is 17.2 Å². The van der Waals surface area contributed by atoms with E-state index < -0.39 is 0 Å². The monoisotopic (exact) mass is 175 g/mol.